The third-order valence-corrected chi connectivity index (χ3v) is 8.27. The van der Waals surface area contributed by atoms with E-state index >= 15 is 0 Å². The molecule has 210 valence electrons. The first kappa shape index (κ1) is 27.3. The summed E-state index contributed by atoms with van der Waals surface area (Å²) in [5.41, 5.74) is 3.89. The molecule has 5 atom stereocenters. The highest BCUT2D eigenvalue weighted by molar-refractivity contribution is 5.89. The maximum atomic E-state index is 13.2. The summed E-state index contributed by atoms with van der Waals surface area (Å²) >= 11 is 0. The van der Waals surface area contributed by atoms with Crippen LogP contribution >= 0.6 is 0 Å². The maximum Gasteiger partial charge on any atom is 0.338 e. The second-order valence-corrected chi connectivity index (χ2v) is 11.0. The van der Waals surface area contributed by atoms with E-state index in [0.29, 0.717) is 31.3 Å². The van der Waals surface area contributed by atoms with E-state index in [1.807, 2.05) is 78.9 Å². The molecule has 2 aliphatic carbocycles. The Morgan fingerprint density at radius 2 is 1.17 bits per heavy atom. The van der Waals surface area contributed by atoms with Gasteiger partial charge < -0.3 is 18.9 Å². The molecular weight excluding hydrogens is 512 g/mol. The van der Waals surface area contributed by atoms with Crippen molar-refractivity contribution in [1.82, 2.24) is 0 Å². The Hall–Kier alpha value is -3.93. The first-order valence-corrected chi connectivity index (χ1v) is 14.5. The Bertz CT molecular complexity index is 1370. The Balaban J connectivity index is 1.10. The number of carbonyl (C=O) groups is 1. The lowest BCUT2D eigenvalue weighted by Gasteiger charge is -2.29. The normalized spacial score (nSPS) is 23.2. The molecule has 0 aromatic heterocycles. The molecule has 0 unspecified atom stereocenters. The van der Waals surface area contributed by atoms with E-state index < -0.39 is 0 Å². The molecule has 0 amide bonds. The van der Waals surface area contributed by atoms with Crippen molar-refractivity contribution in [3.63, 3.8) is 0 Å². The summed E-state index contributed by atoms with van der Waals surface area (Å²) in [5, 5.41) is 0. The van der Waals surface area contributed by atoms with Gasteiger partial charge in [0.25, 0.3) is 0 Å². The molecule has 0 saturated heterocycles. The second kappa shape index (κ2) is 13.2. The van der Waals surface area contributed by atoms with Gasteiger partial charge in [-0.25, -0.2) is 4.79 Å². The van der Waals surface area contributed by atoms with Crippen LogP contribution in [0.3, 0.4) is 0 Å². The zero-order valence-corrected chi connectivity index (χ0v) is 23.1. The second-order valence-electron chi connectivity index (χ2n) is 11.0. The van der Waals surface area contributed by atoms with Gasteiger partial charge in [-0.3, -0.25) is 0 Å². The van der Waals surface area contributed by atoms with Gasteiger partial charge in [-0.15, -0.1) is 0 Å². The fourth-order valence-corrected chi connectivity index (χ4v) is 6.20. The molecular formula is C36H36O5. The van der Waals surface area contributed by atoms with Crippen LogP contribution in [-0.4, -0.2) is 24.3 Å². The number of esters is 1. The first-order chi connectivity index (χ1) is 20.2. The first-order valence-electron chi connectivity index (χ1n) is 14.5. The van der Waals surface area contributed by atoms with Crippen LogP contribution in [0.4, 0.5) is 0 Å². The summed E-state index contributed by atoms with van der Waals surface area (Å²) in [4.78, 5) is 13.2. The van der Waals surface area contributed by atoms with Crippen LogP contribution in [-0.2, 0) is 34.0 Å². The number of carbonyl (C=O) groups excluding carboxylic acids is 1. The molecule has 0 aliphatic heterocycles. The monoisotopic (exact) mass is 548 g/mol. The fraction of sp³-hybridized carbons (Fsp3) is 0.306. The molecule has 4 aromatic rings. The van der Waals surface area contributed by atoms with Crippen LogP contribution < -0.4 is 4.74 Å². The van der Waals surface area contributed by atoms with E-state index in [1.165, 1.54) is 0 Å². The van der Waals surface area contributed by atoms with Gasteiger partial charge in [-0.2, -0.15) is 0 Å². The van der Waals surface area contributed by atoms with Gasteiger partial charge in [-0.05, 0) is 66.1 Å². The Morgan fingerprint density at radius 3 is 1.78 bits per heavy atom. The van der Waals surface area contributed by atoms with E-state index in [1.54, 1.807) is 12.1 Å². The van der Waals surface area contributed by atoms with Crippen molar-refractivity contribution in [2.45, 2.75) is 57.4 Å². The number of hydrogen-bond acceptors (Lipinski definition) is 5. The van der Waals surface area contributed by atoms with Crippen molar-refractivity contribution in [3.8, 4) is 5.75 Å². The molecule has 0 heterocycles. The van der Waals surface area contributed by atoms with Crippen LogP contribution in [0.15, 0.2) is 115 Å². The lowest BCUT2D eigenvalue weighted by Crippen LogP contribution is -2.37. The fourth-order valence-electron chi connectivity index (χ4n) is 6.20. The quantitative estimate of drug-likeness (QED) is 0.183. The Labute approximate surface area is 242 Å². The summed E-state index contributed by atoms with van der Waals surface area (Å²) < 4.78 is 25.1. The van der Waals surface area contributed by atoms with Gasteiger partial charge >= 0.3 is 5.97 Å². The van der Waals surface area contributed by atoms with Crippen LogP contribution in [0.2, 0.25) is 0 Å². The topological polar surface area (TPSA) is 54.0 Å². The molecule has 0 spiro atoms. The molecule has 2 saturated carbocycles. The predicted molar refractivity (Wildman–Crippen MR) is 157 cm³/mol. The molecule has 2 fully saturated rings. The highest BCUT2D eigenvalue weighted by atomic mass is 16.6. The summed E-state index contributed by atoms with van der Waals surface area (Å²) in [6.45, 7) is 1.53. The molecule has 5 nitrogen and oxygen atoms in total. The lowest BCUT2D eigenvalue weighted by molar-refractivity contribution is -0.101. The molecule has 41 heavy (non-hydrogen) atoms. The standard InChI is InChI=1S/C36H36O5/c37-36(29-16-19-31(20-17-29)38-23-26-10-4-1-5-11-26)41-32-21-18-30-22-33(39-24-27-12-6-2-7-13-27)35(34(30)32)40-25-28-14-8-3-9-15-28/h1-17,19-20,30,32-35H,18,21-25H2/t30-,32-,33-,34+,35-/m0/s1. The summed E-state index contributed by atoms with van der Waals surface area (Å²) in [5.74, 6) is 0.927. The predicted octanol–water partition coefficient (Wildman–Crippen LogP) is 7.39. The number of hydrogen-bond donors (Lipinski definition) is 0. The molecule has 0 N–H and O–H groups in total. The highest BCUT2D eigenvalue weighted by Gasteiger charge is 2.53. The van der Waals surface area contributed by atoms with Crippen molar-refractivity contribution in [2.24, 2.45) is 11.8 Å². The van der Waals surface area contributed by atoms with E-state index in [2.05, 4.69) is 24.3 Å². The van der Waals surface area contributed by atoms with E-state index in [9.17, 15) is 4.79 Å². The van der Waals surface area contributed by atoms with Crippen molar-refractivity contribution >= 4 is 5.97 Å². The summed E-state index contributed by atoms with van der Waals surface area (Å²) in [6.07, 6.45) is 2.38. The van der Waals surface area contributed by atoms with Crippen molar-refractivity contribution in [3.05, 3.63) is 138 Å². The largest absolute Gasteiger partial charge is 0.489 e. The molecule has 2 aliphatic rings. The van der Waals surface area contributed by atoms with Gasteiger partial charge in [0, 0.05) is 5.92 Å². The molecule has 5 heteroatoms. The number of rotatable bonds is 11. The number of benzene rings is 4. The highest BCUT2D eigenvalue weighted by Crippen LogP contribution is 2.48. The summed E-state index contributed by atoms with van der Waals surface area (Å²) in [6, 6.07) is 37.7. The zero-order valence-electron chi connectivity index (χ0n) is 23.1. The van der Waals surface area contributed by atoms with Crippen molar-refractivity contribution in [1.29, 1.82) is 0 Å². The average molecular weight is 549 g/mol. The van der Waals surface area contributed by atoms with Crippen LogP contribution in [0.5, 0.6) is 5.75 Å². The Morgan fingerprint density at radius 1 is 0.610 bits per heavy atom. The number of ether oxygens (including phenoxy) is 4. The Kier molecular flexibility index (Phi) is 8.74. The minimum absolute atomic E-state index is 0.0449. The van der Waals surface area contributed by atoms with E-state index in [4.69, 9.17) is 18.9 Å². The zero-order chi connectivity index (χ0) is 27.9. The molecule has 6 rings (SSSR count). The molecule has 4 aromatic carbocycles. The van der Waals surface area contributed by atoms with Crippen LogP contribution in [0, 0.1) is 11.8 Å². The van der Waals surface area contributed by atoms with Gasteiger partial charge in [0.05, 0.1) is 31.0 Å². The summed E-state index contributed by atoms with van der Waals surface area (Å²) in [7, 11) is 0. The van der Waals surface area contributed by atoms with Crippen LogP contribution in [0.25, 0.3) is 0 Å². The smallest absolute Gasteiger partial charge is 0.338 e. The minimum Gasteiger partial charge on any atom is -0.489 e. The maximum absolute atomic E-state index is 13.2. The van der Waals surface area contributed by atoms with E-state index in [-0.39, 0.29) is 30.2 Å². The van der Waals surface area contributed by atoms with Gasteiger partial charge in [0.2, 0.25) is 0 Å². The molecule has 0 radical (unpaired) electrons. The SMILES string of the molecule is O=C(O[C@H]1CC[C@H]2C[C@H](OCc3ccccc3)[C@H](OCc3ccccc3)[C@H]21)c1ccc(OCc2ccccc2)cc1. The van der Waals surface area contributed by atoms with E-state index in [0.717, 1.165) is 41.7 Å². The number of fused-ring (bicyclic) bond motifs is 1. The minimum atomic E-state index is -0.305. The van der Waals surface area contributed by atoms with Gasteiger partial charge in [-0.1, -0.05) is 91.0 Å². The third-order valence-electron chi connectivity index (χ3n) is 8.27. The lowest BCUT2D eigenvalue weighted by atomic mass is 9.97. The average Bonchev–Trinajstić information content (AvgIpc) is 3.58. The van der Waals surface area contributed by atoms with Gasteiger partial charge in [0.15, 0.2) is 0 Å². The third kappa shape index (κ3) is 6.87. The van der Waals surface area contributed by atoms with Crippen molar-refractivity contribution in [2.75, 3.05) is 0 Å². The molecule has 0 bridgehead atoms. The van der Waals surface area contributed by atoms with Gasteiger partial charge in [0.1, 0.15) is 18.5 Å². The van der Waals surface area contributed by atoms with Crippen LogP contribution in [0.1, 0.15) is 46.3 Å². The van der Waals surface area contributed by atoms with Crippen molar-refractivity contribution < 1.29 is 23.7 Å².